The molecule has 98 valence electrons. The third kappa shape index (κ3) is 3.08. The molecule has 0 amide bonds. The van der Waals surface area contributed by atoms with Gasteiger partial charge in [0.1, 0.15) is 22.9 Å². The number of benzene rings is 1. The molecule has 0 saturated heterocycles. The number of hydrogen-bond acceptors (Lipinski definition) is 3. The number of ether oxygens (including phenoxy) is 1. The first-order valence-electron chi connectivity index (χ1n) is 5.30. The number of aromatic carboxylic acids is 1. The summed E-state index contributed by atoms with van der Waals surface area (Å²) < 4.78 is 19.1. The van der Waals surface area contributed by atoms with Crippen LogP contribution >= 0.6 is 15.9 Å². The lowest BCUT2D eigenvalue weighted by molar-refractivity contribution is 0.0693. The van der Waals surface area contributed by atoms with Crippen LogP contribution < -0.4 is 4.74 Å². The lowest BCUT2D eigenvalue weighted by Gasteiger charge is -2.10. The van der Waals surface area contributed by atoms with Gasteiger partial charge in [-0.2, -0.15) is 0 Å². The summed E-state index contributed by atoms with van der Waals surface area (Å²) in [5.74, 6) is -1.31. The number of nitrogens with zero attached hydrogens (tertiary/aromatic N) is 1. The topological polar surface area (TPSA) is 59.4 Å². The van der Waals surface area contributed by atoms with Crippen LogP contribution in [0.4, 0.5) is 4.39 Å². The molecule has 1 N–H and O–H groups in total. The second kappa shape index (κ2) is 5.36. The van der Waals surface area contributed by atoms with E-state index in [0.29, 0.717) is 10.2 Å². The Hall–Kier alpha value is -1.95. The fraction of sp³-hybridized carbons (Fsp3) is 0.0769. The van der Waals surface area contributed by atoms with Crippen LogP contribution in [0.2, 0.25) is 0 Å². The van der Waals surface area contributed by atoms with Gasteiger partial charge in [0.15, 0.2) is 0 Å². The van der Waals surface area contributed by atoms with Gasteiger partial charge in [-0.05, 0) is 35.0 Å². The van der Waals surface area contributed by atoms with Gasteiger partial charge in [0, 0.05) is 24.0 Å². The predicted molar refractivity (Wildman–Crippen MR) is 70.1 cm³/mol. The van der Waals surface area contributed by atoms with Gasteiger partial charge in [0.2, 0.25) is 0 Å². The highest BCUT2D eigenvalue weighted by Gasteiger charge is 2.14. The third-order valence-electron chi connectivity index (χ3n) is 2.35. The highest BCUT2D eigenvalue weighted by Crippen LogP contribution is 2.32. The van der Waals surface area contributed by atoms with E-state index < -0.39 is 11.8 Å². The zero-order valence-electron chi connectivity index (χ0n) is 9.85. The number of aromatic nitrogens is 1. The smallest absolute Gasteiger partial charge is 0.341 e. The van der Waals surface area contributed by atoms with Crippen LogP contribution in [-0.2, 0) is 0 Å². The summed E-state index contributed by atoms with van der Waals surface area (Å²) in [5.41, 5.74) is 0.522. The number of carboxylic acid groups (broad SMARTS) is 1. The molecule has 1 aromatic heterocycles. The number of carbonyl (C=O) groups is 1. The van der Waals surface area contributed by atoms with Gasteiger partial charge in [0.05, 0.1) is 4.47 Å². The summed E-state index contributed by atoms with van der Waals surface area (Å²) in [4.78, 5) is 15.0. The molecular weight excluding hydrogens is 317 g/mol. The van der Waals surface area contributed by atoms with Crippen molar-refractivity contribution < 1.29 is 19.0 Å². The van der Waals surface area contributed by atoms with Crippen molar-refractivity contribution in [3.63, 3.8) is 0 Å². The van der Waals surface area contributed by atoms with Crippen molar-refractivity contribution in [3.8, 4) is 11.5 Å². The Morgan fingerprint density at radius 3 is 2.79 bits per heavy atom. The molecule has 0 bridgehead atoms. The molecule has 0 aliphatic carbocycles. The summed E-state index contributed by atoms with van der Waals surface area (Å²) in [6.07, 6.45) is 1.21. The average molecular weight is 326 g/mol. The molecule has 2 rings (SSSR count). The molecule has 0 radical (unpaired) electrons. The largest absolute Gasteiger partial charge is 0.477 e. The quantitative estimate of drug-likeness (QED) is 0.932. The van der Waals surface area contributed by atoms with Crippen molar-refractivity contribution in [1.82, 2.24) is 4.98 Å². The number of rotatable bonds is 3. The van der Waals surface area contributed by atoms with Crippen molar-refractivity contribution in [3.05, 3.63) is 52.0 Å². The number of hydrogen-bond donors (Lipinski definition) is 1. The zero-order chi connectivity index (χ0) is 14.0. The first kappa shape index (κ1) is 13.5. The van der Waals surface area contributed by atoms with Crippen LogP contribution in [0.15, 0.2) is 34.9 Å². The SMILES string of the molecule is Cc1cc(Oc2cc(F)ccc2Br)c(C(=O)O)cn1. The van der Waals surface area contributed by atoms with Gasteiger partial charge in [-0.1, -0.05) is 0 Å². The molecule has 0 aliphatic rings. The normalized spacial score (nSPS) is 10.3. The van der Waals surface area contributed by atoms with Gasteiger partial charge in [-0.25, -0.2) is 9.18 Å². The maximum Gasteiger partial charge on any atom is 0.341 e. The zero-order valence-corrected chi connectivity index (χ0v) is 11.4. The Kier molecular flexibility index (Phi) is 3.80. The monoisotopic (exact) mass is 325 g/mol. The number of pyridine rings is 1. The highest BCUT2D eigenvalue weighted by molar-refractivity contribution is 9.10. The molecule has 2 aromatic rings. The molecule has 0 spiro atoms. The summed E-state index contributed by atoms with van der Waals surface area (Å²) >= 11 is 3.21. The van der Waals surface area contributed by atoms with E-state index in [0.717, 1.165) is 0 Å². The van der Waals surface area contributed by atoms with Crippen molar-refractivity contribution in [2.45, 2.75) is 6.92 Å². The Bertz CT molecular complexity index is 646. The fourth-order valence-electron chi connectivity index (χ4n) is 1.45. The Morgan fingerprint density at radius 2 is 2.11 bits per heavy atom. The lowest BCUT2D eigenvalue weighted by Crippen LogP contribution is -2.02. The van der Waals surface area contributed by atoms with E-state index in [-0.39, 0.29) is 17.1 Å². The first-order chi connectivity index (χ1) is 8.97. The van der Waals surface area contributed by atoms with E-state index in [2.05, 4.69) is 20.9 Å². The van der Waals surface area contributed by atoms with Crippen molar-refractivity contribution in [1.29, 1.82) is 0 Å². The molecule has 0 unspecified atom stereocenters. The molecule has 0 aliphatic heterocycles. The highest BCUT2D eigenvalue weighted by atomic mass is 79.9. The van der Waals surface area contributed by atoms with Gasteiger partial charge in [-0.15, -0.1) is 0 Å². The molecule has 1 heterocycles. The predicted octanol–water partition coefficient (Wildman–Crippen LogP) is 3.78. The second-order valence-corrected chi connectivity index (χ2v) is 4.66. The molecule has 0 fully saturated rings. The Morgan fingerprint density at radius 1 is 1.37 bits per heavy atom. The summed E-state index contributed by atoms with van der Waals surface area (Å²) in [6.45, 7) is 1.71. The van der Waals surface area contributed by atoms with Crippen LogP contribution in [0.25, 0.3) is 0 Å². The maximum absolute atomic E-state index is 13.2. The van der Waals surface area contributed by atoms with E-state index in [9.17, 15) is 9.18 Å². The van der Waals surface area contributed by atoms with Crippen LogP contribution in [0.1, 0.15) is 16.1 Å². The minimum Gasteiger partial charge on any atom is -0.477 e. The van der Waals surface area contributed by atoms with Crippen LogP contribution in [0.5, 0.6) is 11.5 Å². The number of carboxylic acids is 1. The maximum atomic E-state index is 13.2. The van der Waals surface area contributed by atoms with Crippen LogP contribution in [0.3, 0.4) is 0 Å². The van der Waals surface area contributed by atoms with Gasteiger partial charge in [-0.3, -0.25) is 4.98 Å². The van der Waals surface area contributed by atoms with Crippen LogP contribution in [-0.4, -0.2) is 16.1 Å². The third-order valence-corrected chi connectivity index (χ3v) is 3.00. The number of aryl methyl sites for hydroxylation is 1. The van der Waals surface area contributed by atoms with Crippen molar-refractivity contribution in [2.75, 3.05) is 0 Å². The average Bonchev–Trinajstić information content (AvgIpc) is 2.33. The lowest BCUT2D eigenvalue weighted by atomic mass is 10.2. The molecule has 0 saturated carbocycles. The van der Waals surface area contributed by atoms with E-state index >= 15 is 0 Å². The van der Waals surface area contributed by atoms with E-state index in [4.69, 9.17) is 9.84 Å². The standard InChI is InChI=1S/C13H9BrFNO3/c1-7-4-11(9(6-16-7)13(17)18)19-12-5-8(15)2-3-10(12)14/h2-6H,1H3,(H,17,18). The minimum absolute atomic E-state index is 0.0817. The van der Waals surface area contributed by atoms with E-state index in [1.165, 1.54) is 30.5 Å². The molecule has 4 nitrogen and oxygen atoms in total. The molecule has 0 atom stereocenters. The summed E-state index contributed by atoms with van der Waals surface area (Å²) in [7, 11) is 0. The van der Waals surface area contributed by atoms with Gasteiger partial charge in [0.25, 0.3) is 0 Å². The molecule has 6 heteroatoms. The van der Waals surface area contributed by atoms with Gasteiger partial charge < -0.3 is 9.84 Å². The van der Waals surface area contributed by atoms with E-state index in [1.54, 1.807) is 6.92 Å². The van der Waals surface area contributed by atoms with Crippen molar-refractivity contribution in [2.24, 2.45) is 0 Å². The number of halogens is 2. The van der Waals surface area contributed by atoms with E-state index in [1.807, 2.05) is 0 Å². The minimum atomic E-state index is -1.16. The Labute approximate surface area is 117 Å². The summed E-state index contributed by atoms with van der Waals surface area (Å²) in [6, 6.07) is 5.41. The molecule has 1 aromatic carbocycles. The van der Waals surface area contributed by atoms with Gasteiger partial charge >= 0.3 is 5.97 Å². The summed E-state index contributed by atoms with van der Waals surface area (Å²) in [5, 5.41) is 9.05. The second-order valence-electron chi connectivity index (χ2n) is 3.80. The first-order valence-corrected chi connectivity index (χ1v) is 6.09. The fourth-order valence-corrected chi connectivity index (χ4v) is 1.78. The molecular formula is C13H9BrFNO3. The van der Waals surface area contributed by atoms with Crippen LogP contribution in [0, 0.1) is 12.7 Å². The van der Waals surface area contributed by atoms with Crippen molar-refractivity contribution >= 4 is 21.9 Å². The molecule has 19 heavy (non-hydrogen) atoms. The Balaban J connectivity index is 2.45.